The Balaban J connectivity index is 1.37. The standard InChI is InChI=1S/C18H27N/c1(5-13-19-18-11-12-18)2-6-15-9-10-16-7-3-4-8-17(16)14-15/h9-10,14,18-19H,1-8,11-13H2. The van der Waals surface area contributed by atoms with E-state index in [4.69, 9.17) is 0 Å². The molecule has 1 fully saturated rings. The van der Waals surface area contributed by atoms with Crippen molar-refractivity contribution in [3.63, 3.8) is 0 Å². The molecule has 0 spiro atoms. The van der Waals surface area contributed by atoms with E-state index in [-0.39, 0.29) is 0 Å². The fourth-order valence-corrected chi connectivity index (χ4v) is 3.17. The molecular weight excluding hydrogens is 230 g/mol. The van der Waals surface area contributed by atoms with E-state index in [1.165, 1.54) is 70.8 Å². The van der Waals surface area contributed by atoms with Gasteiger partial charge in [-0.15, -0.1) is 0 Å². The lowest BCUT2D eigenvalue weighted by Gasteiger charge is -2.16. The van der Waals surface area contributed by atoms with Crippen LogP contribution in [0.3, 0.4) is 0 Å². The Bertz CT molecular complexity index is 406. The largest absolute Gasteiger partial charge is 0.314 e. The fraction of sp³-hybridized carbons (Fsp3) is 0.667. The van der Waals surface area contributed by atoms with E-state index in [1.807, 2.05) is 0 Å². The zero-order valence-electron chi connectivity index (χ0n) is 12.1. The smallest absolute Gasteiger partial charge is 0.00682 e. The van der Waals surface area contributed by atoms with Crippen molar-refractivity contribution in [2.75, 3.05) is 6.54 Å². The number of nitrogens with one attached hydrogen (secondary N) is 1. The van der Waals surface area contributed by atoms with Crippen LogP contribution in [0.2, 0.25) is 0 Å². The Kier molecular flexibility index (Phi) is 4.55. The molecule has 104 valence electrons. The highest BCUT2D eigenvalue weighted by atomic mass is 14.9. The van der Waals surface area contributed by atoms with Crippen molar-refractivity contribution in [1.29, 1.82) is 0 Å². The Labute approximate surface area is 117 Å². The van der Waals surface area contributed by atoms with Crippen LogP contribution in [0.1, 0.15) is 61.6 Å². The Morgan fingerprint density at radius 2 is 1.79 bits per heavy atom. The van der Waals surface area contributed by atoms with Gasteiger partial charge in [-0.3, -0.25) is 0 Å². The summed E-state index contributed by atoms with van der Waals surface area (Å²) in [7, 11) is 0. The molecule has 3 rings (SSSR count). The lowest BCUT2D eigenvalue weighted by Crippen LogP contribution is -2.17. The average molecular weight is 257 g/mol. The molecular formula is C18H27N. The second-order valence-electron chi connectivity index (χ2n) is 6.35. The van der Waals surface area contributed by atoms with Crippen LogP contribution >= 0.6 is 0 Å². The SMILES string of the molecule is c1cc2c(cc1CCCCCNC1CC1)CCCC2. The molecule has 2 aliphatic rings. The third-order valence-corrected chi connectivity index (χ3v) is 4.57. The lowest BCUT2D eigenvalue weighted by molar-refractivity contribution is 0.600. The molecule has 1 saturated carbocycles. The molecule has 0 amide bonds. The van der Waals surface area contributed by atoms with Crippen LogP contribution in [0.25, 0.3) is 0 Å². The van der Waals surface area contributed by atoms with E-state index < -0.39 is 0 Å². The first kappa shape index (κ1) is 13.2. The quantitative estimate of drug-likeness (QED) is 0.727. The minimum absolute atomic E-state index is 0.876. The predicted molar refractivity (Wildman–Crippen MR) is 81.7 cm³/mol. The molecule has 2 aliphatic carbocycles. The number of hydrogen-bond donors (Lipinski definition) is 1. The van der Waals surface area contributed by atoms with Crippen LogP contribution in [-0.4, -0.2) is 12.6 Å². The zero-order chi connectivity index (χ0) is 12.9. The first-order valence-electron chi connectivity index (χ1n) is 8.26. The van der Waals surface area contributed by atoms with Crippen LogP contribution in [0.15, 0.2) is 18.2 Å². The monoisotopic (exact) mass is 257 g/mol. The van der Waals surface area contributed by atoms with Crippen molar-refractivity contribution in [3.8, 4) is 0 Å². The predicted octanol–water partition coefficient (Wildman–Crippen LogP) is 4.03. The number of unbranched alkanes of at least 4 members (excludes halogenated alkanes) is 2. The Morgan fingerprint density at radius 1 is 0.947 bits per heavy atom. The van der Waals surface area contributed by atoms with E-state index in [1.54, 1.807) is 16.7 Å². The van der Waals surface area contributed by atoms with Gasteiger partial charge in [0.1, 0.15) is 0 Å². The molecule has 0 bridgehead atoms. The summed E-state index contributed by atoms with van der Waals surface area (Å²) < 4.78 is 0. The van der Waals surface area contributed by atoms with Gasteiger partial charge < -0.3 is 5.32 Å². The van der Waals surface area contributed by atoms with E-state index in [0.29, 0.717) is 0 Å². The van der Waals surface area contributed by atoms with Crippen LogP contribution < -0.4 is 5.32 Å². The minimum Gasteiger partial charge on any atom is -0.314 e. The molecule has 1 aromatic rings. The lowest BCUT2D eigenvalue weighted by atomic mass is 9.89. The number of aryl methyl sites for hydroxylation is 3. The first-order chi connectivity index (χ1) is 9.42. The van der Waals surface area contributed by atoms with Gasteiger partial charge >= 0.3 is 0 Å². The number of hydrogen-bond acceptors (Lipinski definition) is 1. The van der Waals surface area contributed by atoms with Gasteiger partial charge in [-0.25, -0.2) is 0 Å². The molecule has 0 radical (unpaired) electrons. The summed E-state index contributed by atoms with van der Waals surface area (Å²) in [5.41, 5.74) is 4.82. The average Bonchev–Trinajstić information content (AvgIpc) is 3.27. The summed E-state index contributed by atoms with van der Waals surface area (Å²) in [5, 5.41) is 3.60. The second-order valence-corrected chi connectivity index (χ2v) is 6.35. The van der Waals surface area contributed by atoms with Crippen molar-refractivity contribution in [2.45, 2.75) is 70.3 Å². The van der Waals surface area contributed by atoms with E-state index in [9.17, 15) is 0 Å². The van der Waals surface area contributed by atoms with Gasteiger partial charge in [0, 0.05) is 6.04 Å². The molecule has 1 aromatic carbocycles. The maximum atomic E-state index is 3.60. The highest BCUT2D eigenvalue weighted by Crippen LogP contribution is 2.23. The van der Waals surface area contributed by atoms with Gasteiger partial charge in [-0.05, 0) is 81.0 Å². The van der Waals surface area contributed by atoms with Crippen LogP contribution in [0.5, 0.6) is 0 Å². The molecule has 19 heavy (non-hydrogen) atoms. The van der Waals surface area contributed by atoms with Crippen molar-refractivity contribution < 1.29 is 0 Å². The van der Waals surface area contributed by atoms with Crippen molar-refractivity contribution in [2.24, 2.45) is 0 Å². The molecule has 0 unspecified atom stereocenters. The summed E-state index contributed by atoms with van der Waals surface area (Å²) in [6.45, 7) is 1.23. The van der Waals surface area contributed by atoms with Gasteiger partial charge in [0.15, 0.2) is 0 Å². The molecule has 0 saturated heterocycles. The minimum atomic E-state index is 0.876. The Morgan fingerprint density at radius 3 is 2.63 bits per heavy atom. The van der Waals surface area contributed by atoms with E-state index >= 15 is 0 Å². The van der Waals surface area contributed by atoms with Crippen molar-refractivity contribution >= 4 is 0 Å². The molecule has 1 heteroatoms. The van der Waals surface area contributed by atoms with Gasteiger partial charge in [0.05, 0.1) is 0 Å². The molecule has 0 atom stereocenters. The number of fused-ring (bicyclic) bond motifs is 1. The molecule has 0 aromatic heterocycles. The Hall–Kier alpha value is -0.820. The fourth-order valence-electron chi connectivity index (χ4n) is 3.17. The molecule has 1 nitrogen and oxygen atoms in total. The van der Waals surface area contributed by atoms with Crippen molar-refractivity contribution in [1.82, 2.24) is 5.32 Å². The highest BCUT2D eigenvalue weighted by molar-refractivity contribution is 5.33. The first-order valence-corrected chi connectivity index (χ1v) is 8.26. The molecule has 0 heterocycles. The molecule has 0 aliphatic heterocycles. The van der Waals surface area contributed by atoms with Crippen LogP contribution in [0.4, 0.5) is 0 Å². The summed E-state index contributed by atoms with van der Waals surface area (Å²) in [6.07, 6.45) is 13.6. The van der Waals surface area contributed by atoms with Gasteiger partial charge in [-0.1, -0.05) is 24.6 Å². The number of benzene rings is 1. The van der Waals surface area contributed by atoms with Gasteiger partial charge in [-0.2, -0.15) is 0 Å². The second kappa shape index (κ2) is 6.56. The summed E-state index contributed by atoms with van der Waals surface area (Å²) in [5.74, 6) is 0. The normalized spacial score (nSPS) is 18.3. The van der Waals surface area contributed by atoms with Gasteiger partial charge in [0.2, 0.25) is 0 Å². The summed E-state index contributed by atoms with van der Waals surface area (Å²) >= 11 is 0. The van der Waals surface area contributed by atoms with Crippen LogP contribution in [-0.2, 0) is 19.3 Å². The number of rotatable bonds is 7. The van der Waals surface area contributed by atoms with Gasteiger partial charge in [0.25, 0.3) is 0 Å². The van der Waals surface area contributed by atoms with Crippen LogP contribution in [0, 0.1) is 0 Å². The van der Waals surface area contributed by atoms with E-state index in [0.717, 1.165) is 6.04 Å². The summed E-state index contributed by atoms with van der Waals surface area (Å²) in [4.78, 5) is 0. The third kappa shape index (κ3) is 4.07. The topological polar surface area (TPSA) is 12.0 Å². The highest BCUT2D eigenvalue weighted by Gasteiger charge is 2.19. The van der Waals surface area contributed by atoms with Crippen molar-refractivity contribution in [3.05, 3.63) is 34.9 Å². The molecule has 1 N–H and O–H groups in total. The third-order valence-electron chi connectivity index (χ3n) is 4.57. The summed E-state index contributed by atoms with van der Waals surface area (Å²) in [6, 6.07) is 8.11. The zero-order valence-corrected chi connectivity index (χ0v) is 12.1. The maximum absolute atomic E-state index is 3.60. The van der Waals surface area contributed by atoms with E-state index in [2.05, 4.69) is 23.5 Å². The maximum Gasteiger partial charge on any atom is 0.00682 e.